The van der Waals surface area contributed by atoms with E-state index in [4.69, 9.17) is 0 Å². The van der Waals surface area contributed by atoms with Crippen LogP contribution in [-0.4, -0.2) is 23.3 Å². The molecule has 0 radical (unpaired) electrons. The fourth-order valence-electron chi connectivity index (χ4n) is 4.32. The molecule has 1 aliphatic heterocycles. The lowest BCUT2D eigenvalue weighted by atomic mass is 9.83. The normalized spacial score (nSPS) is 21.0. The number of pyridine rings is 1. The van der Waals surface area contributed by atoms with Gasteiger partial charge in [0.15, 0.2) is 0 Å². The van der Waals surface area contributed by atoms with E-state index in [1.54, 1.807) is 34.6 Å². The van der Waals surface area contributed by atoms with Crippen molar-refractivity contribution in [3.8, 4) is 6.07 Å². The predicted molar refractivity (Wildman–Crippen MR) is 116 cm³/mol. The number of carbonyl (C=O) groups excluding carboxylic acids is 2. The summed E-state index contributed by atoms with van der Waals surface area (Å²) in [5.74, 6) is 0.313. The van der Waals surface area contributed by atoms with Gasteiger partial charge in [-0.05, 0) is 53.6 Å². The van der Waals surface area contributed by atoms with Crippen molar-refractivity contribution in [2.24, 2.45) is 11.3 Å². The van der Waals surface area contributed by atoms with Crippen molar-refractivity contribution < 1.29 is 9.59 Å². The molecular weight excluding hydrogens is 396 g/mol. The lowest BCUT2D eigenvalue weighted by molar-refractivity contribution is -0.123. The first kappa shape index (κ1) is 18.8. The Morgan fingerprint density at radius 1 is 1.33 bits per heavy atom. The van der Waals surface area contributed by atoms with E-state index in [1.807, 2.05) is 29.6 Å². The third kappa shape index (κ3) is 3.14. The lowest BCUT2D eigenvalue weighted by Gasteiger charge is -2.21. The molecule has 1 saturated heterocycles. The maximum absolute atomic E-state index is 13.0. The molecule has 2 aromatic heterocycles. The van der Waals surface area contributed by atoms with Crippen LogP contribution < -0.4 is 10.2 Å². The number of thiophene rings is 1. The maximum Gasteiger partial charge on any atom is 0.247 e. The molecule has 30 heavy (non-hydrogen) atoms. The van der Waals surface area contributed by atoms with Gasteiger partial charge < -0.3 is 10.2 Å². The number of hydrogen-bond donors (Lipinski definition) is 1. The van der Waals surface area contributed by atoms with E-state index in [0.717, 1.165) is 28.5 Å². The van der Waals surface area contributed by atoms with Crippen LogP contribution in [0.1, 0.15) is 24.8 Å². The van der Waals surface area contributed by atoms with Crippen molar-refractivity contribution >= 4 is 44.7 Å². The monoisotopic (exact) mass is 416 g/mol. The van der Waals surface area contributed by atoms with Gasteiger partial charge in [0.2, 0.25) is 11.8 Å². The van der Waals surface area contributed by atoms with Gasteiger partial charge in [-0.3, -0.25) is 9.59 Å². The molecule has 1 N–H and O–H groups in total. The molecule has 0 spiro atoms. The molecule has 1 atom stereocenters. The van der Waals surface area contributed by atoms with Crippen molar-refractivity contribution in [1.82, 2.24) is 4.98 Å². The lowest BCUT2D eigenvalue weighted by Crippen LogP contribution is -2.35. The van der Waals surface area contributed by atoms with Crippen LogP contribution in [-0.2, 0) is 16.0 Å². The van der Waals surface area contributed by atoms with Gasteiger partial charge in [0.1, 0.15) is 11.2 Å². The number of nitriles is 1. The standard InChI is InChI=1S/C23H20N4O2S/c24-14-23(16-5-6-16)8-10-27(22(23)29)17-7-9-25-20(12-17)26-21(28)11-15-13-30-19-4-2-1-3-18(15)19/h1-4,7,9,12-13,16H,5-6,8,10-11H2,(H,25,26,28)/t23-/m1/s1. The number of hydrogen-bond acceptors (Lipinski definition) is 5. The predicted octanol–water partition coefficient (Wildman–Crippen LogP) is 4.13. The molecule has 150 valence electrons. The highest BCUT2D eigenvalue weighted by Crippen LogP contribution is 2.51. The minimum Gasteiger partial charge on any atom is -0.311 e. The number of rotatable bonds is 5. The van der Waals surface area contributed by atoms with Crippen LogP contribution in [0.4, 0.5) is 11.5 Å². The summed E-state index contributed by atoms with van der Waals surface area (Å²) in [6.45, 7) is 0.515. The Balaban J connectivity index is 1.31. The van der Waals surface area contributed by atoms with Gasteiger partial charge in [0, 0.05) is 29.2 Å². The Bertz CT molecular complexity index is 1190. The summed E-state index contributed by atoms with van der Waals surface area (Å²) in [6.07, 6.45) is 4.30. The number of aromatic nitrogens is 1. The Morgan fingerprint density at radius 3 is 2.97 bits per heavy atom. The van der Waals surface area contributed by atoms with Crippen LogP contribution in [0.2, 0.25) is 0 Å². The van der Waals surface area contributed by atoms with E-state index >= 15 is 0 Å². The highest BCUT2D eigenvalue weighted by Gasteiger charge is 2.56. The van der Waals surface area contributed by atoms with Gasteiger partial charge >= 0.3 is 0 Å². The fourth-order valence-corrected chi connectivity index (χ4v) is 5.28. The highest BCUT2D eigenvalue weighted by atomic mass is 32.1. The molecule has 2 amide bonds. The number of nitrogens with one attached hydrogen (secondary N) is 1. The van der Waals surface area contributed by atoms with Gasteiger partial charge in [-0.15, -0.1) is 11.3 Å². The molecule has 1 saturated carbocycles. The molecule has 7 heteroatoms. The third-order valence-corrected chi connectivity index (χ3v) is 7.08. The van der Waals surface area contributed by atoms with Gasteiger partial charge in [-0.2, -0.15) is 5.26 Å². The second-order valence-corrected chi connectivity index (χ2v) is 8.86. The van der Waals surface area contributed by atoms with Gasteiger partial charge in [-0.1, -0.05) is 18.2 Å². The molecule has 3 heterocycles. The second-order valence-electron chi connectivity index (χ2n) is 7.95. The van der Waals surface area contributed by atoms with E-state index in [9.17, 15) is 14.9 Å². The number of anilines is 2. The molecule has 0 bridgehead atoms. The second kappa shape index (κ2) is 7.22. The van der Waals surface area contributed by atoms with Crippen LogP contribution in [0.5, 0.6) is 0 Å². The Kier molecular flexibility index (Phi) is 4.52. The van der Waals surface area contributed by atoms with E-state index < -0.39 is 5.41 Å². The zero-order chi connectivity index (χ0) is 20.7. The number of benzene rings is 1. The van der Waals surface area contributed by atoms with Gasteiger partial charge in [0.25, 0.3) is 0 Å². The molecule has 0 unspecified atom stereocenters. The summed E-state index contributed by atoms with van der Waals surface area (Å²) in [5, 5.41) is 15.6. The summed E-state index contributed by atoms with van der Waals surface area (Å²) in [4.78, 5) is 31.5. The summed E-state index contributed by atoms with van der Waals surface area (Å²) < 4.78 is 1.16. The Labute approximate surface area is 178 Å². The number of carbonyl (C=O) groups is 2. The first-order valence-electron chi connectivity index (χ1n) is 10.0. The zero-order valence-corrected chi connectivity index (χ0v) is 17.1. The average Bonchev–Trinajstić information content (AvgIpc) is 3.45. The molecule has 1 aromatic carbocycles. The van der Waals surface area contributed by atoms with E-state index in [2.05, 4.69) is 16.4 Å². The van der Waals surface area contributed by atoms with Crippen LogP contribution in [0.15, 0.2) is 48.0 Å². The molecule has 3 aromatic rings. The van der Waals surface area contributed by atoms with E-state index in [-0.39, 0.29) is 24.2 Å². The molecule has 6 nitrogen and oxygen atoms in total. The highest BCUT2D eigenvalue weighted by molar-refractivity contribution is 7.17. The van der Waals surface area contributed by atoms with Crippen LogP contribution in [0.25, 0.3) is 10.1 Å². The summed E-state index contributed by atoms with van der Waals surface area (Å²) in [6, 6.07) is 13.8. The average molecular weight is 417 g/mol. The number of amides is 2. The van der Waals surface area contributed by atoms with Crippen LogP contribution >= 0.6 is 11.3 Å². The minimum absolute atomic E-state index is 0.124. The minimum atomic E-state index is -0.882. The first-order chi connectivity index (χ1) is 14.6. The third-order valence-electron chi connectivity index (χ3n) is 6.07. The van der Waals surface area contributed by atoms with Gasteiger partial charge in [-0.25, -0.2) is 4.98 Å². The molecule has 2 fully saturated rings. The molecule has 2 aliphatic rings. The summed E-state index contributed by atoms with van der Waals surface area (Å²) in [7, 11) is 0. The first-order valence-corrected chi connectivity index (χ1v) is 10.9. The van der Waals surface area contributed by atoms with Crippen LogP contribution in [0, 0.1) is 22.7 Å². The van der Waals surface area contributed by atoms with Crippen molar-refractivity contribution in [1.29, 1.82) is 5.26 Å². The molecular formula is C23H20N4O2S. The van der Waals surface area contributed by atoms with Crippen molar-refractivity contribution in [3.63, 3.8) is 0 Å². The maximum atomic E-state index is 13.0. The van der Waals surface area contributed by atoms with Crippen molar-refractivity contribution in [2.45, 2.75) is 25.7 Å². The fraction of sp³-hybridized carbons (Fsp3) is 0.304. The summed E-state index contributed by atoms with van der Waals surface area (Å²) in [5.41, 5.74) is 0.776. The Hall–Kier alpha value is -3.24. The number of nitrogens with zero attached hydrogens (tertiary/aromatic N) is 3. The molecule has 5 rings (SSSR count). The number of fused-ring (bicyclic) bond motifs is 1. The van der Waals surface area contributed by atoms with Crippen molar-refractivity contribution in [2.75, 3.05) is 16.8 Å². The van der Waals surface area contributed by atoms with Crippen molar-refractivity contribution in [3.05, 3.63) is 53.5 Å². The molecule has 1 aliphatic carbocycles. The largest absolute Gasteiger partial charge is 0.311 e. The summed E-state index contributed by atoms with van der Waals surface area (Å²) >= 11 is 1.62. The topological polar surface area (TPSA) is 86.1 Å². The van der Waals surface area contributed by atoms with Crippen LogP contribution in [0.3, 0.4) is 0 Å². The van der Waals surface area contributed by atoms with E-state index in [1.165, 1.54) is 0 Å². The zero-order valence-electron chi connectivity index (χ0n) is 16.3. The van der Waals surface area contributed by atoms with E-state index in [0.29, 0.717) is 24.5 Å². The smallest absolute Gasteiger partial charge is 0.247 e. The SMILES string of the molecule is N#C[C@@]1(C2CC2)CCN(c2ccnc(NC(=O)Cc3csc4ccccc34)c2)C1=O. The quantitative estimate of drug-likeness (QED) is 0.677. The Morgan fingerprint density at radius 2 is 2.17 bits per heavy atom. The van der Waals surface area contributed by atoms with Gasteiger partial charge in [0.05, 0.1) is 12.5 Å².